The molecule has 0 radical (unpaired) electrons. The summed E-state index contributed by atoms with van der Waals surface area (Å²) in [6.07, 6.45) is 1.65. The van der Waals surface area contributed by atoms with Crippen LogP contribution in [-0.4, -0.2) is 83.6 Å². The molecule has 2 aliphatic heterocycles. The molecular weight excluding hydrogens is 470 g/mol. The number of aryl methyl sites for hydroxylation is 1. The maximum atomic E-state index is 13.4. The minimum absolute atomic E-state index is 0.0415. The lowest BCUT2D eigenvalue weighted by Crippen LogP contribution is -2.59. The monoisotopic (exact) mass is 511 g/mol. The molecule has 9 nitrogen and oxygen atoms in total. The Bertz CT molecular complexity index is 1060. The van der Waals surface area contributed by atoms with Crippen molar-refractivity contribution in [1.29, 1.82) is 0 Å². The molecule has 2 atom stereocenters. The van der Waals surface area contributed by atoms with Crippen molar-refractivity contribution >= 4 is 18.0 Å². The highest BCUT2D eigenvalue weighted by atomic mass is 16.5. The van der Waals surface area contributed by atoms with Crippen LogP contribution in [0.2, 0.25) is 0 Å². The zero-order valence-corrected chi connectivity index (χ0v) is 23.0. The van der Waals surface area contributed by atoms with Gasteiger partial charge >= 0.3 is 18.0 Å². The third-order valence-electron chi connectivity index (χ3n) is 6.57. The number of rotatable bonds is 7. The second-order valence-corrected chi connectivity index (χ2v) is 10.7. The topological polar surface area (TPSA) is 94.2 Å². The zero-order valence-electron chi connectivity index (χ0n) is 23.0. The van der Waals surface area contributed by atoms with Crippen molar-refractivity contribution in [1.82, 2.24) is 25.3 Å². The Labute approximate surface area is 220 Å². The number of nitrogens with zero attached hydrogens (tertiary/aromatic N) is 3. The standard InChI is InChI=1S/C28H41N5O4/c1-8-14-33-22(18-31-15-16-32(20(4)17-31)27(36)30-28(5,6)7)23(25(34)37-9-2)24(29-26(33)35)21-13-11-10-12-19(21)3/h8,10-13,20,24H,1,9,14-18H2,2-7H3,(H,29,35)(H,30,36)/t20-,24+/m1/s1. The van der Waals surface area contributed by atoms with Crippen molar-refractivity contribution in [2.24, 2.45) is 0 Å². The van der Waals surface area contributed by atoms with Crippen molar-refractivity contribution in [2.45, 2.75) is 59.2 Å². The Morgan fingerprint density at radius 3 is 2.54 bits per heavy atom. The number of nitrogens with one attached hydrogen (secondary N) is 2. The first-order chi connectivity index (χ1) is 17.5. The lowest BCUT2D eigenvalue weighted by Gasteiger charge is -2.43. The van der Waals surface area contributed by atoms with Gasteiger partial charge in [0.2, 0.25) is 0 Å². The number of benzene rings is 1. The Morgan fingerprint density at radius 1 is 1.24 bits per heavy atom. The molecule has 0 aromatic heterocycles. The molecule has 1 aromatic rings. The van der Waals surface area contributed by atoms with E-state index >= 15 is 0 Å². The van der Waals surface area contributed by atoms with E-state index in [9.17, 15) is 14.4 Å². The molecule has 0 aliphatic carbocycles. The van der Waals surface area contributed by atoms with Gasteiger partial charge < -0.3 is 20.3 Å². The molecule has 1 saturated heterocycles. The molecule has 2 N–H and O–H groups in total. The largest absolute Gasteiger partial charge is 0.463 e. The minimum Gasteiger partial charge on any atom is -0.463 e. The summed E-state index contributed by atoms with van der Waals surface area (Å²) in [5, 5.41) is 6.05. The van der Waals surface area contributed by atoms with E-state index in [4.69, 9.17) is 4.74 Å². The molecular formula is C28H41N5O4. The molecule has 37 heavy (non-hydrogen) atoms. The number of hydrogen-bond donors (Lipinski definition) is 2. The van der Waals surface area contributed by atoms with Crippen LogP contribution in [0.4, 0.5) is 9.59 Å². The van der Waals surface area contributed by atoms with Crippen LogP contribution >= 0.6 is 0 Å². The normalized spacial score (nSPS) is 21.0. The summed E-state index contributed by atoms with van der Waals surface area (Å²) in [5.74, 6) is -0.448. The van der Waals surface area contributed by atoms with Crippen LogP contribution in [-0.2, 0) is 9.53 Å². The predicted molar refractivity (Wildman–Crippen MR) is 144 cm³/mol. The summed E-state index contributed by atoms with van der Waals surface area (Å²) >= 11 is 0. The van der Waals surface area contributed by atoms with Crippen LogP contribution in [0.15, 0.2) is 48.2 Å². The highest BCUT2D eigenvalue weighted by Crippen LogP contribution is 2.33. The molecule has 1 fully saturated rings. The lowest BCUT2D eigenvalue weighted by molar-refractivity contribution is -0.139. The Kier molecular flexibility index (Phi) is 9.02. The lowest BCUT2D eigenvalue weighted by atomic mass is 9.91. The number of carbonyl (C=O) groups is 3. The fraction of sp³-hybridized carbons (Fsp3) is 0.536. The number of esters is 1. The number of piperazine rings is 1. The average molecular weight is 512 g/mol. The van der Waals surface area contributed by atoms with Crippen LogP contribution < -0.4 is 10.6 Å². The third-order valence-corrected chi connectivity index (χ3v) is 6.57. The number of carbonyl (C=O) groups excluding carboxylic acids is 3. The fourth-order valence-corrected chi connectivity index (χ4v) is 4.87. The molecule has 3 rings (SSSR count). The van der Waals surface area contributed by atoms with Crippen molar-refractivity contribution in [2.75, 3.05) is 39.3 Å². The second-order valence-electron chi connectivity index (χ2n) is 10.7. The van der Waals surface area contributed by atoms with E-state index in [0.29, 0.717) is 37.4 Å². The van der Waals surface area contributed by atoms with Gasteiger partial charge in [0.05, 0.1) is 18.2 Å². The zero-order chi connectivity index (χ0) is 27.3. The van der Waals surface area contributed by atoms with Crippen LogP contribution in [0.25, 0.3) is 0 Å². The number of ether oxygens (including phenoxy) is 1. The maximum Gasteiger partial charge on any atom is 0.338 e. The summed E-state index contributed by atoms with van der Waals surface area (Å²) in [7, 11) is 0. The van der Waals surface area contributed by atoms with Crippen molar-refractivity contribution in [3.8, 4) is 0 Å². The Balaban J connectivity index is 1.97. The van der Waals surface area contributed by atoms with Crippen LogP contribution in [0.5, 0.6) is 0 Å². The van der Waals surface area contributed by atoms with E-state index in [1.165, 1.54) is 0 Å². The van der Waals surface area contributed by atoms with Crippen LogP contribution in [0.3, 0.4) is 0 Å². The van der Waals surface area contributed by atoms with Gasteiger partial charge in [-0.1, -0.05) is 30.3 Å². The van der Waals surface area contributed by atoms with Gasteiger partial charge in [0.25, 0.3) is 0 Å². The fourth-order valence-electron chi connectivity index (χ4n) is 4.87. The molecule has 2 aliphatic rings. The summed E-state index contributed by atoms with van der Waals surface area (Å²) in [6, 6.07) is 6.68. The summed E-state index contributed by atoms with van der Waals surface area (Å²) < 4.78 is 5.49. The molecule has 0 bridgehead atoms. The van der Waals surface area contributed by atoms with Crippen molar-refractivity contribution < 1.29 is 19.1 Å². The van der Waals surface area contributed by atoms with Gasteiger partial charge in [-0.25, -0.2) is 14.4 Å². The average Bonchev–Trinajstić information content (AvgIpc) is 2.80. The van der Waals surface area contributed by atoms with Crippen molar-refractivity contribution in [3.05, 3.63) is 59.3 Å². The number of urea groups is 2. The molecule has 9 heteroatoms. The van der Waals surface area contributed by atoms with E-state index in [0.717, 1.165) is 11.1 Å². The van der Waals surface area contributed by atoms with Gasteiger partial charge in [-0.3, -0.25) is 9.80 Å². The van der Waals surface area contributed by atoms with Gasteiger partial charge in [-0.15, -0.1) is 6.58 Å². The smallest absolute Gasteiger partial charge is 0.338 e. The van der Waals surface area contributed by atoms with Gasteiger partial charge in [-0.05, 0) is 52.7 Å². The van der Waals surface area contributed by atoms with Crippen LogP contribution in [0.1, 0.15) is 51.8 Å². The number of hydrogen-bond acceptors (Lipinski definition) is 5. The van der Waals surface area contributed by atoms with Gasteiger partial charge in [0, 0.05) is 50.0 Å². The van der Waals surface area contributed by atoms with Crippen LogP contribution in [0, 0.1) is 6.92 Å². The predicted octanol–water partition coefficient (Wildman–Crippen LogP) is 3.58. The maximum absolute atomic E-state index is 13.4. The second kappa shape index (κ2) is 11.8. The van der Waals surface area contributed by atoms with E-state index < -0.39 is 12.0 Å². The SMILES string of the molecule is C=CCN1C(=O)N[C@@H](c2ccccc2C)C(C(=O)OCC)=C1CN1CCN(C(=O)NC(C)(C)C)[C@H](C)C1. The third kappa shape index (κ3) is 6.71. The summed E-state index contributed by atoms with van der Waals surface area (Å²) in [4.78, 5) is 45.1. The number of amides is 4. The van der Waals surface area contributed by atoms with Gasteiger partial charge in [-0.2, -0.15) is 0 Å². The van der Waals surface area contributed by atoms with Gasteiger partial charge in [0.1, 0.15) is 0 Å². The first-order valence-electron chi connectivity index (χ1n) is 12.9. The highest BCUT2D eigenvalue weighted by Gasteiger charge is 2.40. The Morgan fingerprint density at radius 2 is 1.95 bits per heavy atom. The molecule has 0 spiro atoms. The first-order valence-corrected chi connectivity index (χ1v) is 12.9. The molecule has 1 aromatic carbocycles. The molecule has 0 saturated carbocycles. The summed E-state index contributed by atoms with van der Waals surface area (Å²) in [6.45, 7) is 18.1. The van der Waals surface area contributed by atoms with E-state index in [2.05, 4.69) is 22.1 Å². The van der Waals surface area contributed by atoms with E-state index in [1.807, 2.05) is 63.8 Å². The molecule has 4 amide bonds. The highest BCUT2D eigenvalue weighted by molar-refractivity contribution is 5.95. The van der Waals surface area contributed by atoms with E-state index in [1.54, 1.807) is 17.9 Å². The first kappa shape index (κ1) is 28.2. The Hall–Kier alpha value is -3.33. The summed E-state index contributed by atoms with van der Waals surface area (Å²) in [5.41, 5.74) is 2.54. The van der Waals surface area contributed by atoms with Crippen molar-refractivity contribution in [3.63, 3.8) is 0 Å². The quantitative estimate of drug-likeness (QED) is 0.431. The molecule has 0 unspecified atom stereocenters. The molecule has 202 valence electrons. The molecule has 2 heterocycles. The minimum atomic E-state index is -0.625. The van der Waals surface area contributed by atoms with Gasteiger partial charge in [0.15, 0.2) is 0 Å². The van der Waals surface area contributed by atoms with E-state index in [-0.39, 0.29) is 36.8 Å².